The van der Waals surface area contributed by atoms with E-state index in [2.05, 4.69) is 31.9 Å². The predicted octanol–water partition coefficient (Wildman–Crippen LogP) is 3.23. The van der Waals surface area contributed by atoms with Gasteiger partial charge in [-0.1, -0.05) is 19.1 Å². The van der Waals surface area contributed by atoms with Crippen molar-refractivity contribution in [2.45, 2.75) is 70.7 Å². The van der Waals surface area contributed by atoms with E-state index in [4.69, 9.17) is 4.74 Å². The fourth-order valence-electron chi connectivity index (χ4n) is 7.17. The number of carbonyl (C=O) groups is 3. The number of likely N-dealkylation sites (tertiary alicyclic amines) is 1. The van der Waals surface area contributed by atoms with Crippen molar-refractivity contribution in [3.63, 3.8) is 0 Å². The van der Waals surface area contributed by atoms with Gasteiger partial charge in [-0.2, -0.15) is 0 Å². The Hall–Kier alpha value is -3.17. The first-order chi connectivity index (χ1) is 19.7. The molecule has 6 atom stereocenters. The van der Waals surface area contributed by atoms with Crippen molar-refractivity contribution in [3.05, 3.63) is 49.6 Å². The molecule has 3 aliphatic rings. The maximum atomic E-state index is 14.6. The molecular formula is C32H46N4O5. The minimum Gasteiger partial charge on any atom is -0.394 e. The number of fused-ring (bicyclic) bond motifs is 1. The SMILES string of the molecule is C=CCN(CCC)C(=O)[C@@H]1[C@@H]2CCC3(O2)C(C(=O)N(CC=C)c2ccc(N(CC)CC)cc2)N([C@H](C)CO)C(=O)[C@H]13. The van der Waals surface area contributed by atoms with Crippen LogP contribution in [0.25, 0.3) is 0 Å². The van der Waals surface area contributed by atoms with Gasteiger partial charge >= 0.3 is 0 Å². The van der Waals surface area contributed by atoms with Gasteiger partial charge in [-0.05, 0) is 64.3 Å². The highest BCUT2D eigenvalue weighted by Crippen LogP contribution is 2.59. The van der Waals surface area contributed by atoms with Gasteiger partial charge in [0.1, 0.15) is 11.6 Å². The summed E-state index contributed by atoms with van der Waals surface area (Å²) in [5, 5.41) is 10.2. The summed E-state index contributed by atoms with van der Waals surface area (Å²) in [4.78, 5) is 49.8. The molecule has 224 valence electrons. The lowest BCUT2D eigenvalue weighted by atomic mass is 9.70. The van der Waals surface area contributed by atoms with Gasteiger partial charge in [-0.15, -0.1) is 13.2 Å². The van der Waals surface area contributed by atoms with Crippen molar-refractivity contribution < 1.29 is 24.2 Å². The van der Waals surface area contributed by atoms with Crippen LogP contribution in [0.2, 0.25) is 0 Å². The van der Waals surface area contributed by atoms with Crippen LogP contribution in [-0.2, 0) is 19.1 Å². The van der Waals surface area contributed by atoms with Gasteiger partial charge in [-0.25, -0.2) is 0 Å². The molecule has 3 saturated heterocycles. The number of nitrogens with zero attached hydrogens (tertiary/aromatic N) is 4. The van der Waals surface area contributed by atoms with Gasteiger partial charge in [0.25, 0.3) is 5.91 Å². The molecule has 1 N–H and O–H groups in total. The summed E-state index contributed by atoms with van der Waals surface area (Å²) in [6.07, 6.45) is 4.81. The van der Waals surface area contributed by atoms with Crippen LogP contribution in [0.1, 0.15) is 47.0 Å². The zero-order valence-electron chi connectivity index (χ0n) is 25.0. The Kier molecular flexibility index (Phi) is 9.59. The molecule has 9 nitrogen and oxygen atoms in total. The highest BCUT2D eigenvalue weighted by atomic mass is 16.5. The van der Waals surface area contributed by atoms with E-state index in [9.17, 15) is 19.5 Å². The molecule has 1 aromatic carbocycles. The zero-order chi connectivity index (χ0) is 29.9. The van der Waals surface area contributed by atoms with Gasteiger partial charge in [0.2, 0.25) is 11.8 Å². The lowest BCUT2D eigenvalue weighted by molar-refractivity contribution is -0.147. The third kappa shape index (κ3) is 5.18. The largest absolute Gasteiger partial charge is 0.394 e. The Morgan fingerprint density at radius 1 is 1.10 bits per heavy atom. The van der Waals surface area contributed by atoms with Crippen molar-refractivity contribution >= 4 is 29.1 Å². The summed E-state index contributed by atoms with van der Waals surface area (Å²) >= 11 is 0. The van der Waals surface area contributed by atoms with Crippen molar-refractivity contribution in [2.24, 2.45) is 11.8 Å². The molecule has 3 aliphatic heterocycles. The average Bonchev–Trinajstić information content (AvgIpc) is 3.63. The van der Waals surface area contributed by atoms with Crippen LogP contribution in [0, 0.1) is 11.8 Å². The number of benzene rings is 1. The summed E-state index contributed by atoms with van der Waals surface area (Å²) in [5.74, 6) is -2.17. The van der Waals surface area contributed by atoms with Gasteiger partial charge in [0.15, 0.2) is 0 Å². The summed E-state index contributed by atoms with van der Waals surface area (Å²) < 4.78 is 6.60. The van der Waals surface area contributed by atoms with E-state index in [0.29, 0.717) is 31.6 Å². The molecule has 1 spiro atoms. The smallest absolute Gasteiger partial charge is 0.253 e. The lowest BCUT2D eigenvalue weighted by Gasteiger charge is -2.38. The highest BCUT2D eigenvalue weighted by Gasteiger charge is 2.75. The van der Waals surface area contributed by atoms with E-state index < -0.39 is 35.6 Å². The first-order valence-electron chi connectivity index (χ1n) is 15.0. The Balaban J connectivity index is 1.74. The lowest BCUT2D eigenvalue weighted by Crippen LogP contribution is -2.58. The number of hydrogen-bond acceptors (Lipinski definition) is 6. The summed E-state index contributed by atoms with van der Waals surface area (Å²) in [6, 6.07) is 6.23. The summed E-state index contributed by atoms with van der Waals surface area (Å²) in [6.45, 7) is 18.2. The number of aliphatic hydroxyl groups excluding tert-OH is 1. The third-order valence-corrected chi connectivity index (χ3v) is 9.02. The molecule has 3 fully saturated rings. The average molecular weight is 567 g/mol. The summed E-state index contributed by atoms with van der Waals surface area (Å²) in [5.41, 5.74) is 0.620. The van der Waals surface area contributed by atoms with Crippen molar-refractivity contribution in [3.8, 4) is 0 Å². The second-order valence-corrected chi connectivity index (χ2v) is 11.3. The van der Waals surface area contributed by atoms with Crippen LogP contribution in [0.3, 0.4) is 0 Å². The quantitative estimate of drug-likeness (QED) is 0.348. The fraction of sp³-hybridized carbons (Fsp3) is 0.594. The Bertz CT molecular complexity index is 1140. The monoisotopic (exact) mass is 566 g/mol. The molecule has 4 rings (SSSR count). The predicted molar refractivity (Wildman–Crippen MR) is 161 cm³/mol. The third-order valence-electron chi connectivity index (χ3n) is 9.02. The van der Waals surface area contributed by atoms with E-state index in [1.165, 1.54) is 4.90 Å². The number of anilines is 2. The molecular weight excluding hydrogens is 520 g/mol. The van der Waals surface area contributed by atoms with E-state index in [1.807, 2.05) is 31.2 Å². The number of hydrogen-bond donors (Lipinski definition) is 1. The minimum atomic E-state index is -1.13. The molecule has 3 amide bonds. The van der Waals surface area contributed by atoms with E-state index in [-0.39, 0.29) is 30.9 Å². The van der Waals surface area contributed by atoms with Crippen molar-refractivity contribution in [1.29, 1.82) is 0 Å². The maximum Gasteiger partial charge on any atom is 0.253 e. The van der Waals surface area contributed by atoms with E-state index >= 15 is 0 Å². The molecule has 0 radical (unpaired) electrons. The Morgan fingerprint density at radius 2 is 1.73 bits per heavy atom. The van der Waals surface area contributed by atoms with Crippen LogP contribution in [-0.4, -0.2) is 95.7 Å². The van der Waals surface area contributed by atoms with Gasteiger partial charge < -0.3 is 29.4 Å². The number of amides is 3. The topological polar surface area (TPSA) is 93.6 Å². The highest BCUT2D eigenvalue weighted by molar-refractivity contribution is 6.05. The van der Waals surface area contributed by atoms with E-state index in [1.54, 1.807) is 28.9 Å². The number of aliphatic hydroxyl groups is 1. The Labute approximate surface area is 244 Å². The van der Waals surface area contributed by atoms with Crippen LogP contribution < -0.4 is 9.80 Å². The Morgan fingerprint density at radius 3 is 2.29 bits per heavy atom. The number of ether oxygens (including phenoxy) is 1. The molecule has 2 bridgehead atoms. The molecule has 0 aromatic heterocycles. The molecule has 1 aromatic rings. The molecule has 0 saturated carbocycles. The molecule has 41 heavy (non-hydrogen) atoms. The van der Waals surface area contributed by atoms with Crippen LogP contribution >= 0.6 is 0 Å². The first-order valence-corrected chi connectivity index (χ1v) is 15.0. The minimum absolute atomic E-state index is 0.128. The van der Waals surface area contributed by atoms with Crippen molar-refractivity contribution in [2.75, 3.05) is 49.1 Å². The first kappa shape index (κ1) is 30.8. The van der Waals surface area contributed by atoms with Crippen LogP contribution in [0.15, 0.2) is 49.6 Å². The van der Waals surface area contributed by atoms with Crippen molar-refractivity contribution in [1.82, 2.24) is 9.80 Å². The van der Waals surface area contributed by atoms with Crippen LogP contribution in [0.4, 0.5) is 11.4 Å². The standard InChI is InChI=1S/C32H46N4O5/c1-7-18-34(19-8-2)29(38)26-25-16-17-32(41-25)27(26)30(39)36(22(6)21-37)28(32)31(40)35(20-9-3)24-14-12-23(13-15-24)33(10-4)11-5/h7,9,12-15,22,25-28,37H,1,3,8,10-11,16-21H2,2,4-6H3/t22-,25+,26-,27+,28?,32?/m1/s1. The second kappa shape index (κ2) is 12.8. The summed E-state index contributed by atoms with van der Waals surface area (Å²) in [7, 11) is 0. The number of rotatable bonds is 14. The van der Waals surface area contributed by atoms with E-state index in [0.717, 1.165) is 25.2 Å². The molecule has 0 aliphatic carbocycles. The van der Waals surface area contributed by atoms with Gasteiger partial charge in [0.05, 0.1) is 30.6 Å². The number of carbonyl (C=O) groups excluding carboxylic acids is 3. The van der Waals surface area contributed by atoms with Gasteiger partial charge in [-0.3, -0.25) is 14.4 Å². The molecule has 9 heteroatoms. The fourth-order valence-corrected chi connectivity index (χ4v) is 7.17. The maximum absolute atomic E-state index is 14.6. The molecule has 2 unspecified atom stereocenters. The van der Waals surface area contributed by atoms with Crippen LogP contribution in [0.5, 0.6) is 0 Å². The second-order valence-electron chi connectivity index (χ2n) is 11.3. The van der Waals surface area contributed by atoms with Gasteiger partial charge in [0, 0.05) is 44.1 Å². The zero-order valence-corrected chi connectivity index (χ0v) is 25.0. The normalized spacial score (nSPS) is 27.0. The molecule has 3 heterocycles.